The number of rotatable bonds is 3. The number of piperidine rings is 1. The summed E-state index contributed by atoms with van der Waals surface area (Å²) in [4.78, 5) is 0. The molecular weight excluding hydrogens is 278 g/mol. The molecule has 1 aromatic carbocycles. The third-order valence-corrected chi connectivity index (χ3v) is 6.95. The van der Waals surface area contributed by atoms with Gasteiger partial charge < -0.3 is 5.32 Å². The molecule has 1 aromatic rings. The van der Waals surface area contributed by atoms with Crippen molar-refractivity contribution in [1.29, 1.82) is 0 Å². The van der Waals surface area contributed by atoms with Crippen LogP contribution in [0.4, 0.5) is 0 Å². The minimum Gasteiger partial charge on any atom is -0.307 e. The predicted octanol–water partition coefficient (Wildman–Crippen LogP) is 5.87. The summed E-state index contributed by atoms with van der Waals surface area (Å²) in [5.74, 6) is 2.94. The van der Waals surface area contributed by atoms with Gasteiger partial charge in [-0.15, -0.1) is 0 Å². The van der Waals surface area contributed by atoms with E-state index in [9.17, 15) is 0 Å². The van der Waals surface area contributed by atoms with Gasteiger partial charge in [-0.2, -0.15) is 0 Å². The molecule has 1 heteroatoms. The van der Waals surface area contributed by atoms with Crippen LogP contribution in [0.1, 0.15) is 82.2 Å². The van der Waals surface area contributed by atoms with Gasteiger partial charge in [0.25, 0.3) is 0 Å². The summed E-state index contributed by atoms with van der Waals surface area (Å²) in [6.07, 6.45) is 16.2. The van der Waals surface area contributed by atoms with E-state index < -0.39 is 0 Å². The lowest BCUT2D eigenvalue weighted by atomic mass is 9.67. The third-order valence-electron chi connectivity index (χ3n) is 6.95. The Hall–Kier alpha value is -0.820. The van der Waals surface area contributed by atoms with Crippen LogP contribution < -0.4 is 5.32 Å². The molecule has 0 bridgehead atoms. The molecule has 4 atom stereocenters. The van der Waals surface area contributed by atoms with Gasteiger partial charge in [0, 0.05) is 12.1 Å². The fraction of sp³-hybridized carbons (Fsp3) is 0.727. The van der Waals surface area contributed by atoms with E-state index in [2.05, 4.69) is 35.6 Å². The van der Waals surface area contributed by atoms with Gasteiger partial charge in [-0.05, 0) is 42.6 Å². The van der Waals surface area contributed by atoms with Crippen molar-refractivity contribution in [2.75, 3.05) is 0 Å². The number of fused-ring (bicyclic) bond motifs is 1. The second-order valence-electron chi connectivity index (χ2n) is 8.42. The van der Waals surface area contributed by atoms with E-state index >= 15 is 0 Å². The summed E-state index contributed by atoms with van der Waals surface area (Å²) in [6.45, 7) is 0. The highest BCUT2D eigenvalue weighted by Gasteiger charge is 2.39. The van der Waals surface area contributed by atoms with E-state index in [1.807, 2.05) is 0 Å². The standard InChI is InChI=1S/C22H33N/c1-3-9-17(10-4-1)15-22-20-14-8-7-13-19(20)16-21(23-22)18-11-5-2-6-12-18/h2,5-6,11-12,17,19-23H,1,3-4,7-10,13-16H2/t19?,20?,21-,22?/m0/s1. The van der Waals surface area contributed by atoms with Gasteiger partial charge in [0.2, 0.25) is 0 Å². The first-order valence-electron chi connectivity index (χ1n) is 10.2. The molecule has 0 radical (unpaired) electrons. The van der Waals surface area contributed by atoms with E-state index in [1.54, 1.807) is 0 Å². The molecule has 0 spiro atoms. The van der Waals surface area contributed by atoms with Crippen molar-refractivity contribution in [3.63, 3.8) is 0 Å². The number of benzene rings is 1. The molecule has 3 unspecified atom stereocenters. The Morgan fingerprint density at radius 1 is 0.826 bits per heavy atom. The fourth-order valence-electron chi connectivity index (χ4n) is 5.75. The maximum absolute atomic E-state index is 4.12. The van der Waals surface area contributed by atoms with E-state index in [1.165, 1.54) is 76.2 Å². The lowest BCUT2D eigenvalue weighted by Gasteiger charge is -2.47. The van der Waals surface area contributed by atoms with Crippen LogP contribution in [-0.4, -0.2) is 6.04 Å². The molecular formula is C22H33N. The van der Waals surface area contributed by atoms with E-state index in [0.29, 0.717) is 6.04 Å². The fourth-order valence-corrected chi connectivity index (χ4v) is 5.75. The van der Waals surface area contributed by atoms with Gasteiger partial charge in [0.1, 0.15) is 0 Å². The summed E-state index contributed by atoms with van der Waals surface area (Å²) < 4.78 is 0. The van der Waals surface area contributed by atoms with Crippen molar-refractivity contribution in [2.24, 2.45) is 17.8 Å². The number of hydrogen-bond donors (Lipinski definition) is 1. The van der Waals surface area contributed by atoms with Crippen LogP contribution in [0.5, 0.6) is 0 Å². The summed E-state index contributed by atoms with van der Waals surface area (Å²) in [6, 6.07) is 12.6. The Bertz CT molecular complexity index is 476. The SMILES string of the molecule is c1ccc([C@@H]2CC3CCCCC3C(CC3CCCCC3)N2)cc1. The Balaban J connectivity index is 1.49. The molecule has 1 saturated heterocycles. The largest absolute Gasteiger partial charge is 0.307 e. The minimum atomic E-state index is 0.601. The summed E-state index contributed by atoms with van der Waals surface area (Å²) in [5.41, 5.74) is 1.52. The molecule has 0 aromatic heterocycles. The van der Waals surface area contributed by atoms with E-state index in [0.717, 1.165) is 23.8 Å². The van der Waals surface area contributed by atoms with Gasteiger partial charge in [-0.1, -0.05) is 81.7 Å². The van der Waals surface area contributed by atoms with Gasteiger partial charge in [0.15, 0.2) is 0 Å². The topological polar surface area (TPSA) is 12.0 Å². The Morgan fingerprint density at radius 2 is 1.57 bits per heavy atom. The lowest BCUT2D eigenvalue weighted by Crippen LogP contribution is -2.49. The normalized spacial score (nSPS) is 35.7. The van der Waals surface area contributed by atoms with E-state index in [-0.39, 0.29) is 0 Å². The zero-order valence-corrected chi connectivity index (χ0v) is 14.6. The van der Waals surface area contributed by atoms with Crippen LogP contribution in [0.2, 0.25) is 0 Å². The predicted molar refractivity (Wildman–Crippen MR) is 97.4 cm³/mol. The average molecular weight is 312 g/mol. The molecule has 126 valence electrons. The van der Waals surface area contributed by atoms with Crippen molar-refractivity contribution in [2.45, 2.75) is 82.7 Å². The van der Waals surface area contributed by atoms with Crippen molar-refractivity contribution < 1.29 is 0 Å². The lowest BCUT2D eigenvalue weighted by molar-refractivity contribution is 0.0854. The summed E-state index contributed by atoms with van der Waals surface area (Å²) >= 11 is 0. The van der Waals surface area contributed by atoms with Gasteiger partial charge in [0.05, 0.1) is 0 Å². The van der Waals surface area contributed by atoms with Crippen molar-refractivity contribution in [3.05, 3.63) is 35.9 Å². The third kappa shape index (κ3) is 3.65. The molecule has 3 fully saturated rings. The zero-order valence-electron chi connectivity index (χ0n) is 14.6. The molecule has 23 heavy (non-hydrogen) atoms. The van der Waals surface area contributed by atoms with Crippen molar-refractivity contribution in [1.82, 2.24) is 5.32 Å². The molecule has 1 N–H and O–H groups in total. The molecule has 0 amide bonds. The second kappa shape index (κ2) is 7.38. The Labute approximate surface area is 142 Å². The monoisotopic (exact) mass is 311 g/mol. The van der Waals surface area contributed by atoms with Crippen LogP contribution in [0, 0.1) is 17.8 Å². The minimum absolute atomic E-state index is 0.601. The van der Waals surface area contributed by atoms with Gasteiger partial charge in [-0.25, -0.2) is 0 Å². The molecule has 1 aliphatic heterocycles. The molecule has 2 aliphatic carbocycles. The highest BCUT2D eigenvalue weighted by molar-refractivity contribution is 5.20. The second-order valence-corrected chi connectivity index (χ2v) is 8.42. The van der Waals surface area contributed by atoms with Crippen LogP contribution in [-0.2, 0) is 0 Å². The Morgan fingerprint density at radius 3 is 2.39 bits per heavy atom. The summed E-state index contributed by atoms with van der Waals surface area (Å²) in [7, 11) is 0. The Kier molecular flexibility index (Phi) is 5.04. The molecule has 2 saturated carbocycles. The molecule has 1 nitrogen and oxygen atoms in total. The quantitative estimate of drug-likeness (QED) is 0.736. The maximum atomic E-state index is 4.12. The van der Waals surface area contributed by atoms with Crippen molar-refractivity contribution in [3.8, 4) is 0 Å². The van der Waals surface area contributed by atoms with Gasteiger partial charge >= 0.3 is 0 Å². The first-order chi connectivity index (χ1) is 11.4. The van der Waals surface area contributed by atoms with Crippen LogP contribution in [0.25, 0.3) is 0 Å². The summed E-state index contributed by atoms with van der Waals surface area (Å²) in [5, 5.41) is 4.12. The maximum Gasteiger partial charge on any atom is 0.0325 e. The first-order valence-corrected chi connectivity index (χ1v) is 10.2. The van der Waals surface area contributed by atoms with Crippen LogP contribution in [0.3, 0.4) is 0 Å². The first kappa shape index (κ1) is 15.7. The van der Waals surface area contributed by atoms with Crippen molar-refractivity contribution >= 4 is 0 Å². The van der Waals surface area contributed by atoms with Crippen LogP contribution in [0.15, 0.2) is 30.3 Å². The molecule has 4 rings (SSSR count). The van der Waals surface area contributed by atoms with Gasteiger partial charge in [-0.3, -0.25) is 0 Å². The average Bonchev–Trinajstić information content (AvgIpc) is 2.63. The van der Waals surface area contributed by atoms with E-state index in [4.69, 9.17) is 0 Å². The molecule has 1 heterocycles. The number of nitrogens with one attached hydrogen (secondary N) is 1. The smallest absolute Gasteiger partial charge is 0.0325 e. The van der Waals surface area contributed by atoms with Crippen LogP contribution >= 0.6 is 0 Å². The number of hydrogen-bond acceptors (Lipinski definition) is 1. The molecule has 3 aliphatic rings. The highest BCUT2D eigenvalue weighted by Crippen LogP contribution is 2.44. The zero-order chi connectivity index (χ0) is 15.5. The highest BCUT2D eigenvalue weighted by atomic mass is 15.0.